The fraction of sp³-hybridized carbons (Fsp3) is 0. The molecule has 6 heteroatoms. The first-order valence-electron chi connectivity index (χ1n) is 6.68. The second-order valence-electron chi connectivity index (χ2n) is 4.53. The van der Waals surface area contributed by atoms with Gasteiger partial charge in [0, 0.05) is 24.5 Å². The molecule has 3 rings (SSSR count). The normalized spacial score (nSPS) is 9.57. The summed E-state index contributed by atoms with van der Waals surface area (Å²) in [6, 6.07) is 12.7. The molecule has 0 atom stereocenters. The molecule has 0 radical (unpaired) electrons. The van der Waals surface area contributed by atoms with Crippen molar-refractivity contribution in [3.63, 3.8) is 0 Å². The van der Waals surface area contributed by atoms with Gasteiger partial charge in [0.2, 0.25) is 0 Å². The average Bonchev–Trinajstić information content (AvgIpc) is 2.57. The molecule has 0 spiro atoms. The van der Waals surface area contributed by atoms with Gasteiger partial charge in [-0.05, 0) is 47.5 Å². The van der Waals surface area contributed by atoms with Crippen LogP contribution in [-0.2, 0) is 0 Å². The van der Waals surface area contributed by atoms with Crippen LogP contribution in [0.15, 0.2) is 73.3 Å². The van der Waals surface area contributed by atoms with Crippen molar-refractivity contribution in [2.75, 3.05) is 0 Å². The molecule has 1 aromatic carbocycles. The van der Waals surface area contributed by atoms with Gasteiger partial charge in [-0.3, -0.25) is 4.98 Å². The fourth-order valence-electron chi connectivity index (χ4n) is 1.75. The van der Waals surface area contributed by atoms with E-state index in [-0.39, 0.29) is 11.3 Å². The maximum atomic E-state index is 10.8. The van der Waals surface area contributed by atoms with Crippen molar-refractivity contribution < 1.29 is 19.7 Å². The Labute approximate surface area is 132 Å². The number of phenolic OH excluding ortho intramolecular Hbond substituents is 1. The van der Waals surface area contributed by atoms with Crippen LogP contribution in [0.4, 0.5) is 0 Å². The lowest BCUT2D eigenvalue weighted by Crippen LogP contribution is -2.23. The minimum absolute atomic E-state index is 0.0741. The molecule has 3 aromatic rings. The number of carboxylic acid groups (broad SMARTS) is 1. The number of aromatic hydroxyl groups is 1. The molecular weight excluding hydrogens is 296 g/mol. The van der Waals surface area contributed by atoms with E-state index in [0.29, 0.717) is 0 Å². The number of pyridine rings is 2. The highest BCUT2D eigenvalue weighted by molar-refractivity contribution is 5.87. The lowest BCUT2D eigenvalue weighted by Gasteiger charge is -1.99. The Morgan fingerprint density at radius 1 is 0.913 bits per heavy atom. The van der Waals surface area contributed by atoms with E-state index < -0.39 is 5.97 Å². The van der Waals surface area contributed by atoms with Gasteiger partial charge >= 0.3 is 5.97 Å². The number of hydrogen-bond donors (Lipinski definition) is 2. The zero-order chi connectivity index (χ0) is 16.7. The van der Waals surface area contributed by atoms with E-state index in [1.165, 1.54) is 36.7 Å². The predicted octanol–water partition coefficient (Wildman–Crippen LogP) is 2.47. The number of phenols is 1. The third-order valence-corrected chi connectivity index (χ3v) is 2.93. The number of hydrogen-bond acceptors (Lipinski definition) is 4. The third kappa shape index (κ3) is 4.82. The minimum Gasteiger partial charge on any atom is -0.619 e. The van der Waals surface area contributed by atoms with Crippen molar-refractivity contribution in [2.24, 2.45) is 0 Å². The minimum atomic E-state index is -0.986. The van der Waals surface area contributed by atoms with E-state index >= 15 is 0 Å². The monoisotopic (exact) mass is 310 g/mol. The number of carboxylic acids is 1. The molecule has 0 fully saturated rings. The van der Waals surface area contributed by atoms with Crippen LogP contribution in [-0.4, -0.2) is 21.2 Å². The summed E-state index contributed by atoms with van der Waals surface area (Å²) in [5.74, 6) is -0.912. The van der Waals surface area contributed by atoms with E-state index in [1.807, 2.05) is 12.1 Å². The molecule has 2 N–H and O–H groups in total. The summed E-state index contributed by atoms with van der Waals surface area (Å²) in [5, 5.41) is 27.9. The van der Waals surface area contributed by atoms with E-state index in [9.17, 15) is 10.0 Å². The molecule has 0 unspecified atom stereocenters. The van der Waals surface area contributed by atoms with Crippen molar-refractivity contribution >= 4 is 5.97 Å². The van der Waals surface area contributed by atoms with Crippen LogP contribution in [0.2, 0.25) is 0 Å². The topological polar surface area (TPSA) is 97.4 Å². The van der Waals surface area contributed by atoms with Gasteiger partial charge in [0.05, 0.1) is 5.56 Å². The quantitative estimate of drug-likeness (QED) is 0.560. The molecule has 0 bridgehead atoms. The highest BCUT2D eigenvalue weighted by atomic mass is 16.5. The van der Waals surface area contributed by atoms with Crippen molar-refractivity contribution in [3.05, 3.63) is 84.1 Å². The smallest absolute Gasteiger partial charge is 0.335 e. The van der Waals surface area contributed by atoms with Crippen molar-refractivity contribution in [3.8, 4) is 16.9 Å². The maximum Gasteiger partial charge on any atom is 0.335 e. The van der Waals surface area contributed by atoms with Crippen LogP contribution in [0.1, 0.15) is 10.4 Å². The van der Waals surface area contributed by atoms with Gasteiger partial charge in [0.15, 0.2) is 12.4 Å². The SMILES string of the molecule is O=C(O)c1ccc(O)cc1.[O-][n+]1ccc(-c2ccncc2)cc1. The Morgan fingerprint density at radius 2 is 1.43 bits per heavy atom. The van der Waals surface area contributed by atoms with Gasteiger partial charge in [-0.1, -0.05) is 0 Å². The van der Waals surface area contributed by atoms with Gasteiger partial charge in [-0.15, -0.1) is 0 Å². The van der Waals surface area contributed by atoms with E-state index in [0.717, 1.165) is 15.9 Å². The molecule has 2 heterocycles. The van der Waals surface area contributed by atoms with Gasteiger partial charge in [-0.2, -0.15) is 4.73 Å². The van der Waals surface area contributed by atoms with Crippen molar-refractivity contribution in [1.29, 1.82) is 0 Å². The largest absolute Gasteiger partial charge is 0.619 e. The summed E-state index contributed by atoms with van der Waals surface area (Å²) in [5.41, 5.74) is 2.27. The summed E-state index contributed by atoms with van der Waals surface area (Å²) >= 11 is 0. The Hall–Kier alpha value is -3.41. The van der Waals surface area contributed by atoms with Crippen LogP contribution in [0.3, 0.4) is 0 Å². The number of benzene rings is 1. The summed E-state index contributed by atoms with van der Waals surface area (Å²) < 4.78 is 0.769. The Bertz CT molecular complexity index is 757. The molecule has 0 amide bonds. The van der Waals surface area contributed by atoms with Gasteiger partial charge in [0.25, 0.3) is 0 Å². The van der Waals surface area contributed by atoms with E-state index in [4.69, 9.17) is 10.2 Å². The zero-order valence-electron chi connectivity index (χ0n) is 12.0. The molecule has 6 nitrogen and oxygen atoms in total. The number of carbonyl (C=O) groups is 1. The number of aromatic carboxylic acids is 1. The third-order valence-electron chi connectivity index (χ3n) is 2.93. The van der Waals surface area contributed by atoms with Gasteiger partial charge in [-0.25, -0.2) is 4.79 Å². The lowest BCUT2D eigenvalue weighted by atomic mass is 10.1. The Balaban J connectivity index is 0.000000174. The molecule has 0 aliphatic rings. The highest BCUT2D eigenvalue weighted by Crippen LogP contribution is 2.15. The van der Waals surface area contributed by atoms with Crippen LogP contribution >= 0.6 is 0 Å². The number of nitrogens with zero attached hydrogens (tertiary/aromatic N) is 2. The van der Waals surface area contributed by atoms with Crippen molar-refractivity contribution in [2.45, 2.75) is 0 Å². The van der Waals surface area contributed by atoms with Gasteiger partial charge < -0.3 is 15.4 Å². The second kappa shape index (κ2) is 7.56. The molecule has 23 heavy (non-hydrogen) atoms. The summed E-state index contributed by atoms with van der Waals surface area (Å²) in [4.78, 5) is 14.2. The number of rotatable bonds is 2. The zero-order valence-corrected chi connectivity index (χ0v) is 12.0. The van der Waals surface area contributed by atoms with Crippen LogP contribution < -0.4 is 4.73 Å². The molecular formula is C17H14N2O4. The molecule has 0 aliphatic heterocycles. The second-order valence-corrected chi connectivity index (χ2v) is 4.53. The van der Waals surface area contributed by atoms with Crippen LogP contribution in [0.25, 0.3) is 11.1 Å². The van der Waals surface area contributed by atoms with E-state index in [1.54, 1.807) is 24.5 Å². The Morgan fingerprint density at radius 3 is 1.96 bits per heavy atom. The van der Waals surface area contributed by atoms with Crippen molar-refractivity contribution in [1.82, 2.24) is 4.98 Å². The first-order chi connectivity index (χ1) is 11.1. The van der Waals surface area contributed by atoms with E-state index in [2.05, 4.69) is 4.98 Å². The molecule has 116 valence electrons. The van der Waals surface area contributed by atoms with Crippen LogP contribution in [0.5, 0.6) is 5.75 Å². The fourth-order valence-corrected chi connectivity index (χ4v) is 1.75. The first-order valence-corrected chi connectivity index (χ1v) is 6.68. The van der Waals surface area contributed by atoms with Crippen LogP contribution in [0, 0.1) is 5.21 Å². The summed E-state index contributed by atoms with van der Waals surface area (Å²) in [7, 11) is 0. The molecule has 0 saturated carbocycles. The lowest BCUT2D eigenvalue weighted by molar-refractivity contribution is -0.605. The predicted molar refractivity (Wildman–Crippen MR) is 83.7 cm³/mol. The standard InChI is InChI=1S/C10H8N2O.C7H6O3/c13-12-7-3-10(4-8-12)9-1-5-11-6-2-9;8-6-3-1-5(2-4-6)7(9)10/h1-8H;1-4,8H,(H,9,10). The molecule has 0 saturated heterocycles. The average molecular weight is 310 g/mol. The maximum absolute atomic E-state index is 10.8. The summed E-state index contributed by atoms with van der Waals surface area (Å²) in [6.07, 6.45) is 6.42. The highest BCUT2D eigenvalue weighted by Gasteiger charge is 1.99. The Kier molecular flexibility index (Phi) is 5.25. The molecule has 0 aliphatic carbocycles. The van der Waals surface area contributed by atoms with Gasteiger partial charge in [0.1, 0.15) is 5.75 Å². The first kappa shape index (κ1) is 16.0. The number of aromatic nitrogens is 2. The summed E-state index contributed by atoms with van der Waals surface area (Å²) in [6.45, 7) is 0. The molecule has 2 aromatic heterocycles.